The van der Waals surface area contributed by atoms with E-state index in [0.29, 0.717) is 5.92 Å². The summed E-state index contributed by atoms with van der Waals surface area (Å²) in [7, 11) is 0. The molecule has 3 nitrogen and oxygen atoms in total. The Balaban J connectivity index is 1.90. The molecule has 0 radical (unpaired) electrons. The lowest BCUT2D eigenvalue weighted by atomic mass is 9.83. The van der Waals surface area contributed by atoms with Crippen LogP contribution in [0.2, 0.25) is 0 Å². The Morgan fingerprint density at radius 2 is 1.88 bits per heavy atom. The van der Waals surface area contributed by atoms with Gasteiger partial charge >= 0.3 is 5.97 Å². The van der Waals surface area contributed by atoms with Gasteiger partial charge in [0.2, 0.25) is 0 Å². The van der Waals surface area contributed by atoms with Gasteiger partial charge in [0.1, 0.15) is 0 Å². The molecule has 0 bridgehead atoms. The van der Waals surface area contributed by atoms with E-state index in [0.717, 1.165) is 31.4 Å². The van der Waals surface area contributed by atoms with Crippen molar-refractivity contribution in [3.63, 3.8) is 0 Å². The summed E-state index contributed by atoms with van der Waals surface area (Å²) >= 11 is 0. The summed E-state index contributed by atoms with van der Waals surface area (Å²) in [5, 5.41) is 3.88. The molecule has 0 unspecified atom stereocenters. The van der Waals surface area contributed by atoms with Crippen molar-refractivity contribution in [2.45, 2.75) is 38.5 Å². The molecule has 1 fully saturated rings. The molecule has 0 atom stereocenters. The van der Waals surface area contributed by atoms with Gasteiger partial charge in [-0.3, -0.25) is 0 Å². The molecule has 0 aliphatic heterocycles. The van der Waals surface area contributed by atoms with Gasteiger partial charge in [0.15, 0.2) is 0 Å². The standard InChI is InChI=1S/C14H17NO2/c1-11(16)17-15-14-9-7-13(8-10-14)12-5-3-2-4-6-12/h2-6,13H,7-10H2,1H3. The Kier molecular flexibility index (Phi) is 3.91. The molecular formula is C14H17NO2. The summed E-state index contributed by atoms with van der Waals surface area (Å²) in [6.07, 6.45) is 4.02. The van der Waals surface area contributed by atoms with E-state index in [2.05, 4.69) is 34.3 Å². The highest BCUT2D eigenvalue weighted by atomic mass is 16.7. The van der Waals surface area contributed by atoms with Crippen molar-refractivity contribution in [2.24, 2.45) is 5.16 Å². The molecule has 17 heavy (non-hydrogen) atoms. The van der Waals surface area contributed by atoms with Gasteiger partial charge in [-0.05, 0) is 37.2 Å². The summed E-state index contributed by atoms with van der Waals surface area (Å²) in [6.45, 7) is 1.37. The molecule has 0 aromatic heterocycles. The monoisotopic (exact) mass is 231 g/mol. The Morgan fingerprint density at radius 3 is 2.47 bits per heavy atom. The first-order chi connectivity index (χ1) is 8.25. The zero-order chi connectivity index (χ0) is 12.1. The normalized spacial score (nSPS) is 19.8. The molecule has 3 heteroatoms. The molecule has 90 valence electrons. The third kappa shape index (κ3) is 3.41. The van der Waals surface area contributed by atoms with E-state index in [1.807, 2.05) is 6.07 Å². The lowest BCUT2D eigenvalue weighted by molar-refractivity contribution is -0.141. The van der Waals surface area contributed by atoms with E-state index in [9.17, 15) is 4.79 Å². The highest BCUT2D eigenvalue weighted by molar-refractivity contribution is 5.85. The number of rotatable bonds is 2. The second-order valence-electron chi connectivity index (χ2n) is 4.43. The number of benzene rings is 1. The van der Waals surface area contributed by atoms with Crippen LogP contribution in [-0.2, 0) is 9.63 Å². The van der Waals surface area contributed by atoms with E-state index < -0.39 is 0 Å². The predicted octanol–water partition coefficient (Wildman–Crippen LogP) is 3.26. The smallest absolute Gasteiger partial charge is 0.319 e. The van der Waals surface area contributed by atoms with Crippen LogP contribution in [0.4, 0.5) is 0 Å². The fourth-order valence-electron chi connectivity index (χ4n) is 2.23. The van der Waals surface area contributed by atoms with E-state index in [1.165, 1.54) is 12.5 Å². The molecule has 1 aromatic rings. The van der Waals surface area contributed by atoms with Crippen molar-refractivity contribution in [3.8, 4) is 0 Å². The SMILES string of the molecule is CC(=O)ON=C1CCC(c2ccccc2)CC1. The maximum atomic E-state index is 10.6. The van der Waals surface area contributed by atoms with E-state index >= 15 is 0 Å². The molecular weight excluding hydrogens is 214 g/mol. The van der Waals surface area contributed by atoms with Gasteiger partial charge in [-0.1, -0.05) is 35.5 Å². The second-order valence-corrected chi connectivity index (χ2v) is 4.43. The number of nitrogens with zero attached hydrogens (tertiary/aromatic N) is 1. The molecule has 2 rings (SSSR count). The highest BCUT2D eigenvalue weighted by Crippen LogP contribution is 2.31. The summed E-state index contributed by atoms with van der Waals surface area (Å²) in [4.78, 5) is 15.3. The Morgan fingerprint density at radius 1 is 1.24 bits per heavy atom. The molecule has 1 aromatic carbocycles. The van der Waals surface area contributed by atoms with Crippen LogP contribution in [0, 0.1) is 0 Å². The zero-order valence-corrected chi connectivity index (χ0v) is 10.1. The van der Waals surface area contributed by atoms with Crippen LogP contribution in [-0.4, -0.2) is 11.7 Å². The van der Waals surface area contributed by atoms with Crippen LogP contribution >= 0.6 is 0 Å². The van der Waals surface area contributed by atoms with Gasteiger partial charge in [0, 0.05) is 6.92 Å². The maximum Gasteiger partial charge on any atom is 0.331 e. The van der Waals surface area contributed by atoms with Crippen molar-refractivity contribution >= 4 is 11.7 Å². The van der Waals surface area contributed by atoms with Crippen molar-refractivity contribution in [2.75, 3.05) is 0 Å². The van der Waals surface area contributed by atoms with E-state index in [4.69, 9.17) is 0 Å². The molecule has 1 saturated carbocycles. The molecule has 0 N–H and O–H groups in total. The first-order valence-electron chi connectivity index (χ1n) is 6.04. The van der Waals surface area contributed by atoms with Crippen LogP contribution in [0.5, 0.6) is 0 Å². The van der Waals surface area contributed by atoms with E-state index in [-0.39, 0.29) is 5.97 Å². The summed E-state index contributed by atoms with van der Waals surface area (Å²) in [5.41, 5.74) is 2.41. The van der Waals surface area contributed by atoms with Gasteiger partial charge in [0.05, 0.1) is 5.71 Å². The fourth-order valence-corrected chi connectivity index (χ4v) is 2.23. The van der Waals surface area contributed by atoms with Crippen LogP contribution in [0.1, 0.15) is 44.1 Å². The molecule has 0 heterocycles. The van der Waals surface area contributed by atoms with Gasteiger partial charge in [-0.15, -0.1) is 0 Å². The summed E-state index contributed by atoms with van der Waals surface area (Å²) in [5.74, 6) is 0.273. The predicted molar refractivity (Wildman–Crippen MR) is 66.9 cm³/mol. The minimum atomic E-state index is -0.345. The van der Waals surface area contributed by atoms with Gasteiger partial charge < -0.3 is 4.84 Å². The van der Waals surface area contributed by atoms with Gasteiger partial charge in [0.25, 0.3) is 0 Å². The Labute approximate surface area is 101 Å². The maximum absolute atomic E-state index is 10.6. The minimum Gasteiger partial charge on any atom is -0.319 e. The van der Waals surface area contributed by atoms with Crippen LogP contribution in [0.3, 0.4) is 0 Å². The summed E-state index contributed by atoms with van der Waals surface area (Å²) < 4.78 is 0. The quantitative estimate of drug-likeness (QED) is 0.579. The molecule has 0 saturated heterocycles. The first kappa shape index (κ1) is 11.8. The summed E-state index contributed by atoms with van der Waals surface area (Å²) in [6, 6.07) is 10.6. The fraction of sp³-hybridized carbons (Fsp3) is 0.429. The van der Waals surface area contributed by atoms with Crippen LogP contribution in [0.25, 0.3) is 0 Å². The third-order valence-electron chi connectivity index (χ3n) is 3.14. The van der Waals surface area contributed by atoms with Crippen LogP contribution < -0.4 is 0 Å². The van der Waals surface area contributed by atoms with Crippen molar-refractivity contribution in [1.82, 2.24) is 0 Å². The van der Waals surface area contributed by atoms with Gasteiger partial charge in [-0.25, -0.2) is 4.79 Å². The van der Waals surface area contributed by atoms with Crippen molar-refractivity contribution in [3.05, 3.63) is 35.9 Å². The lowest BCUT2D eigenvalue weighted by Crippen LogP contribution is -2.13. The highest BCUT2D eigenvalue weighted by Gasteiger charge is 2.19. The number of carbonyl (C=O) groups is 1. The molecule has 0 spiro atoms. The lowest BCUT2D eigenvalue weighted by Gasteiger charge is -2.22. The number of carbonyl (C=O) groups excluding carboxylic acids is 1. The van der Waals surface area contributed by atoms with Crippen molar-refractivity contribution in [1.29, 1.82) is 0 Å². The minimum absolute atomic E-state index is 0.345. The number of oxime groups is 1. The average molecular weight is 231 g/mol. The number of hydrogen-bond acceptors (Lipinski definition) is 3. The van der Waals surface area contributed by atoms with Gasteiger partial charge in [-0.2, -0.15) is 0 Å². The first-order valence-corrected chi connectivity index (χ1v) is 6.04. The Bertz CT molecular complexity index is 401. The Hall–Kier alpha value is -1.64. The molecule has 1 aliphatic rings. The topological polar surface area (TPSA) is 38.7 Å². The second kappa shape index (κ2) is 5.62. The van der Waals surface area contributed by atoms with Crippen molar-refractivity contribution < 1.29 is 9.63 Å². The van der Waals surface area contributed by atoms with E-state index in [1.54, 1.807) is 0 Å². The number of hydrogen-bond donors (Lipinski definition) is 0. The average Bonchev–Trinajstić information content (AvgIpc) is 2.38. The third-order valence-corrected chi connectivity index (χ3v) is 3.14. The molecule has 1 aliphatic carbocycles. The zero-order valence-electron chi connectivity index (χ0n) is 10.1. The molecule has 0 amide bonds. The largest absolute Gasteiger partial charge is 0.331 e. The van der Waals surface area contributed by atoms with Crippen LogP contribution in [0.15, 0.2) is 35.5 Å².